The SMILES string of the molecule is Cc1ccc(C)c(-c2cc(CN(CC(C)C)C(=O)c3ccccc3)no2)c1. The molecule has 0 aliphatic carbocycles. The molecular formula is C23H26N2O2. The third-order valence-electron chi connectivity index (χ3n) is 4.46. The molecule has 0 radical (unpaired) electrons. The lowest BCUT2D eigenvalue weighted by Gasteiger charge is -2.23. The van der Waals surface area contributed by atoms with Crippen LogP contribution >= 0.6 is 0 Å². The van der Waals surface area contributed by atoms with E-state index in [1.165, 1.54) is 5.56 Å². The zero-order valence-corrected chi connectivity index (χ0v) is 16.4. The van der Waals surface area contributed by atoms with Crippen LogP contribution in [0.4, 0.5) is 0 Å². The van der Waals surface area contributed by atoms with E-state index in [-0.39, 0.29) is 5.91 Å². The minimum absolute atomic E-state index is 0.0144. The molecule has 0 spiro atoms. The van der Waals surface area contributed by atoms with E-state index in [1.54, 1.807) is 0 Å². The Morgan fingerprint density at radius 2 is 1.81 bits per heavy atom. The maximum atomic E-state index is 12.9. The van der Waals surface area contributed by atoms with Gasteiger partial charge in [0.05, 0.1) is 6.54 Å². The molecule has 0 bridgehead atoms. The first-order valence-corrected chi connectivity index (χ1v) is 9.31. The second kappa shape index (κ2) is 8.21. The Balaban J connectivity index is 1.83. The summed E-state index contributed by atoms with van der Waals surface area (Å²) < 4.78 is 5.59. The molecule has 1 heterocycles. The van der Waals surface area contributed by atoms with Crippen molar-refractivity contribution in [2.24, 2.45) is 5.92 Å². The van der Waals surface area contributed by atoms with Crippen molar-refractivity contribution < 1.29 is 9.32 Å². The van der Waals surface area contributed by atoms with Gasteiger partial charge in [-0.1, -0.05) is 54.9 Å². The van der Waals surface area contributed by atoms with Gasteiger partial charge in [0.1, 0.15) is 5.69 Å². The normalized spacial score (nSPS) is 11.0. The van der Waals surface area contributed by atoms with E-state index in [4.69, 9.17) is 4.52 Å². The van der Waals surface area contributed by atoms with E-state index in [0.29, 0.717) is 24.6 Å². The van der Waals surface area contributed by atoms with Gasteiger partial charge in [0, 0.05) is 23.7 Å². The highest BCUT2D eigenvalue weighted by Gasteiger charge is 2.19. The predicted molar refractivity (Wildman–Crippen MR) is 107 cm³/mol. The summed E-state index contributed by atoms with van der Waals surface area (Å²) in [7, 11) is 0. The van der Waals surface area contributed by atoms with Crippen molar-refractivity contribution in [3.05, 3.63) is 77.0 Å². The van der Waals surface area contributed by atoms with E-state index in [1.807, 2.05) is 41.3 Å². The van der Waals surface area contributed by atoms with Gasteiger partial charge in [0.15, 0.2) is 5.76 Å². The Hall–Kier alpha value is -2.88. The first-order valence-electron chi connectivity index (χ1n) is 9.31. The van der Waals surface area contributed by atoms with Crippen molar-refractivity contribution in [2.45, 2.75) is 34.2 Å². The second-order valence-corrected chi connectivity index (χ2v) is 7.45. The molecule has 0 N–H and O–H groups in total. The number of hydrogen-bond acceptors (Lipinski definition) is 3. The van der Waals surface area contributed by atoms with Crippen LogP contribution in [0.1, 0.15) is 41.0 Å². The molecule has 4 nitrogen and oxygen atoms in total. The second-order valence-electron chi connectivity index (χ2n) is 7.45. The molecule has 1 aromatic heterocycles. The number of aromatic nitrogens is 1. The molecule has 0 atom stereocenters. The smallest absolute Gasteiger partial charge is 0.254 e. The molecule has 0 fully saturated rings. The van der Waals surface area contributed by atoms with Crippen molar-refractivity contribution in [1.29, 1.82) is 0 Å². The average molecular weight is 362 g/mol. The van der Waals surface area contributed by atoms with Crippen molar-refractivity contribution >= 4 is 5.91 Å². The summed E-state index contributed by atoms with van der Waals surface area (Å²) in [6.07, 6.45) is 0. The van der Waals surface area contributed by atoms with Crippen LogP contribution in [0, 0.1) is 19.8 Å². The molecule has 1 amide bonds. The minimum Gasteiger partial charge on any atom is -0.356 e. The van der Waals surface area contributed by atoms with Crippen molar-refractivity contribution in [3.63, 3.8) is 0 Å². The molecular weight excluding hydrogens is 336 g/mol. The molecule has 3 rings (SSSR count). The van der Waals surface area contributed by atoms with E-state index in [0.717, 1.165) is 22.6 Å². The number of amides is 1. The number of rotatable bonds is 6. The molecule has 0 aliphatic rings. The third kappa shape index (κ3) is 4.64. The first-order chi connectivity index (χ1) is 12.9. The number of carbonyl (C=O) groups excluding carboxylic acids is 1. The molecule has 27 heavy (non-hydrogen) atoms. The van der Waals surface area contributed by atoms with Crippen LogP contribution in [0.3, 0.4) is 0 Å². The topological polar surface area (TPSA) is 46.3 Å². The Labute approximate surface area is 160 Å². The largest absolute Gasteiger partial charge is 0.356 e. The van der Waals surface area contributed by atoms with Crippen LogP contribution in [-0.2, 0) is 6.54 Å². The summed E-state index contributed by atoms with van der Waals surface area (Å²) in [4.78, 5) is 14.8. The zero-order chi connectivity index (χ0) is 19.4. The zero-order valence-electron chi connectivity index (χ0n) is 16.4. The van der Waals surface area contributed by atoms with Crippen molar-refractivity contribution in [2.75, 3.05) is 6.54 Å². The lowest BCUT2D eigenvalue weighted by Crippen LogP contribution is -2.33. The van der Waals surface area contributed by atoms with Gasteiger partial charge in [-0.3, -0.25) is 4.79 Å². The minimum atomic E-state index is 0.0144. The highest BCUT2D eigenvalue weighted by atomic mass is 16.5. The van der Waals surface area contributed by atoms with E-state index >= 15 is 0 Å². The summed E-state index contributed by atoms with van der Waals surface area (Å²) in [5, 5.41) is 4.22. The van der Waals surface area contributed by atoms with Gasteiger partial charge in [0.2, 0.25) is 0 Å². The molecule has 0 aliphatic heterocycles. The van der Waals surface area contributed by atoms with Gasteiger partial charge in [-0.25, -0.2) is 0 Å². The van der Waals surface area contributed by atoms with Gasteiger partial charge in [-0.2, -0.15) is 0 Å². The highest BCUT2D eigenvalue weighted by molar-refractivity contribution is 5.94. The van der Waals surface area contributed by atoms with Gasteiger partial charge in [-0.05, 0) is 43.5 Å². The first kappa shape index (κ1) is 18.9. The van der Waals surface area contributed by atoms with Crippen LogP contribution in [-0.4, -0.2) is 22.5 Å². The third-order valence-corrected chi connectivity index (χ3v) is 4.46. The standard InChI is InChI=1S/C23H26N2O2/c1-16(2)14-25(23(26)19-8-6-5-7-9-19)15-20-13-22(27-24-20)21-12-17(3)10-11-18(21)4/h5-13,16H,14-15H2,1-4H3. The van der Waals surface area contributed by atoms with Crippen LogP contribution in [0.2, 0.25) is 0 Å². The molecule has 0 saturated heterocycles. The Morgan fingerprint density at radius 1 is 1.07 bits per heavy atom. The van der Waals surface area contributed by atoms with Crippen LogP contribution in [0.5, 0.6) is 0 Å². The lowest BCUT2D eigenvalue weighted by atomic mass is 10.0. The fraction of sp³-hybridized carbons (Fsp3) is 0.304. The number of hydrogen-bond donors (Lipinski definition) is 0. The van der Waals surface area contributed by atoms with Crippen LogP contribution < -0.4 is 0 Å². The molecule has 0 unspecified atom stereocenters. The van der Waals surface area contributed by atoms with E-state index < -0.39 is 0 Å². The maximum Gasteiger partial charge on any atom is 0.254 e. The van der Waals surface area contributed by atoms with Crippen LogP contribution in [0.25, 0.3) is 11.3 Å². The summed E-state index contributed by atoms with van der Waals surface area (Å²) in [6.45, 7) is 9.43. The van der Waals surface area contributed by atoms with E-state index in [2.05, 4.69) is 51.1 Å². The lowest BCUT2D eigenvalue weighted by molar-refractivity contribution is 0.0719. The monoisotopic (exact) mass is 362 g/mol. The number of aryl methyl sites for hydroxylation is 2. The quantitative estimate of drug-likeness (QED) is 0.601. The van der Waals surface area contributed by atoms with E-state index in [9.17, 15) is 4.79 Å². The van der Waals surface area contributed by atoms with Gasteiger partial charge in [0.25, 0.3) is 5.91 Å². The molecule has 0 saturated carbocycles. The number of nitrogens with zero attached hydrogens (tertiary/aromatic N) is 2. The summed E-state index contributed by atoms with van der Waals surface area (Å²) >= 11 is 0. The van der Waals surface area contributed by atoms with Gasteiger partial charge < -0.3 is 9.42 Å². The molecule has 2 aromatic carbocycles. The summed E-state index contributed by atoms with van der Waals surface area (Å²) in [5.74, 6) is 1.12. The molecule has 140 valence electrons. The Morgan fingerprint density at radius 3 is 2.52 bits per heavy atom. The Bertz CT molecular complexity index is 913. The number of benzene rings is 2. The van der Waals surface area contributed by atoms with Crippen molar-refractivity contribution in [3.8, 4) is 11.3 Å². The fourth-order valence-corrected chi connectivity index (χ4v) is 3.13. The van der Waals surface area contributed by atoms with Gasteiger partial charge in [-0.15, -0.1) is 0 Å². The fourth-order valence-electron chi connectivity index (χ4n) is 3.13. The highest BCUT2D eigenvalue weighted by Crippen LogP contribution is 2.26. The summed E-state index contributed by atoms with van der Waals surface area (Å²) in [6, 6.07) is 17.6. The predicted octanol–water partition coefficient (Wildman–Crippen LogP) is 5.26. The Kier molecular flexibility index (Phi) is 5.75. The van der Waals surface area contributed by atoms with Crippen molar-refractivity contribution in [1.82, 2.24) is 10.1 Å². The molecule has 3 aromatic rings. The van der Waals surface area contributed by atoms with Gasteiger partial charge >= 0.3 is 0 Å². The maximum absolute atomic E-state index is 12.9. The van der Waals surface area contributed by atoms with Crippen LogP contribution in [0.15, 0.2) is 59.1 Å². The average Bonchev–Trinajstić information content (AvgIpc) is 3.11. The molecule has 4 heteroatoms. The summed E-state index contributed by atoms with van der Waals surface area (Å²) in [5.41, 5.74) is 4.81. The number of carbonyl (C=O) groups is 1.